The zero-order valence-corrected chi connectivity index (χ0v) is 21.9. The molecule has 0 saturated carbocycles. The second-order valence-electron chi connectivity index (χ2n) is 9.08. The zero-order chi connectivity index (χ0) is 31.4. The van der Waals surface area contributed by atoms with Crippen LogP contribution in [0.2, 0.25) is 0 Å². The second kappa shape index (κ2) is 13.1. The van der Waals surface area contributed by atoms with Gasteiger partial charge < -0.3 is 9.47 Å². The van der Waals surface area contributed by atoms with Gasteiger partial charge in [0.2, 0.25) is 0 Å². The quantitative estimate of drug-likeness (QED) is 0.0592. The first kappa shape index (κ1) is 31.2. The fourth-order valence-electron chi connectivity index (χ4n) is 4.21. The van der Waals surface area contributed by atoms with Gasteiger partial charge in [-0.3, -0.25) is 0 Å². The predicted molar refractivity (Wildman–Crippen MR) is 138 cm³/mol. The second-order valence-corrected chi connectivity index (χ2v) is 9.08. The van der Waals surface area contributed by atoms with Crippen LogP contribution in [0, 0.1) is 52.4 Å². The van der Waals surface area contributed by atoms with Crippen LogP contribution >= 0.6 is 0 Å². The molecule has 4 rings (SSSR count). The molecule has 4 aromatic carbocycles. The van der Waals surface area contributed by atoms with Crippen molar-refractivity contribution in [2.45, 2.75) is 12.8 Å². The van der Waals surface area contributed by atoms with Crippen LogP contribution in [-0.2, 0) is 9.53 Å². The van der Waals surface area contributed by atoms with Crippen LogP contribution in [0.15, 0.2) is 61.2 Å². The molecule has 0 unspecified atom stereocenters. The summed E-state index contributed by atoms with van der Waals surface area (Å²) < 4.78 is 138. The van der Waals surface area contributed by atoms with Crippen molar-refractivity contribution in [3.8, 4) is 39.1 Å². The van der Waals surface area contributed by atoms with E-state index in [9.17, 15) is 44.3 Å². The number of esters is 1. The largest absolute Gasteiger partial charge is 0.494 e. The van der Waals surface area contributed by atoms with E-state index < -0.39 is 75.0 Å². The number of hydrogen-bond donors (Lipinski definition) is 0. The van der Waals surface area contributed by atoms with Crippen molar-refractivity contribution in [2.24, 2.45) is 0 Å². The van der Waals surface area contributed by atoms with Gasteiger partial charge in [0, 0.05) is 6.08 Å². The summed E-state index contributed by atoms with van der Waals surface area (Å²) in [7, 11) is 0. The van der Waals surface area contributed by atoms with Crippen LogP contribution in [-0.4, -0.2) is 19.2 Å². The molecule has 0 bridgehead atoms. The molecule has 3 nitrogen and oxygen atoms in total. The van der Waals surface area contributed by atoms with Gasteiger partial charge in [0.05, 0.1) is 13.2 Å². The number of hydrogen-bond acceptors (Lipinski definition) is 3. The summed E-state index contributed by atoms with van der Waals surface area (Å²) in [5, 5.41) is 0. The van der Waals surface area contributed by atoms with Crippen LogP contribution in [0.25, 0.3) is 33.4 Å². The fraction of sp³-hybridized carbons (Fsp3) is 0.129. The van der Waals surface area contributed by atoms with Crippen LogP contribution in [0.4, 0.5) is 39.5 Å². The lowest BCUT2D eigenvalue weighted by atomic mass is 9.87. The predicted octanol–water partition coefficient (Wildman–Crippen LogP) is 8.83. The maximum atomic E-state index is 14.4. The van der Waals surface area contributed by atoms with Gasteiger partial charge >= 0.3 is 5.97 Å². The summed E-state index contributed by atoms with van der Waals surface area (Å²) in [6.45, 7) is 3.23. The van der Waals surface area contributed by atoms with Gasteiger partial charge in [-0.15, -0.1) is 0 Å². The number of carbonyl (C=O) groups excluding carboxylic acids is 1. The first-order valence-electron chi connectivity index (χ1n) is 12.5. The van der Waals surface area contributed by atoms with Crippen molar-refractivity contribution < 1.29 is 53.8 Å². The molecule has 4 aromatic rings. The monoisotopic (exact) mass is 610 g/mol. The number of halogens is 9. The Hall–Kier alpha value is -4.74. The average molecular weight is 610 g/mol. The molecule has 0 aliphatic rings. The molecule has 0 aromatic heterocycles. The van der Waals surface area contributed by atoms with E-state index in [2.05, 4.69) is 6.58 Å². The van der Waals surface area contributed by atoms with Gasteiger partial charge in [0.15, 0.2) is 52.4 Å². The molecule has 0 amide bonds. The van der Waals surface area contributed by atoms with E-state index >= 15 is 0 Å². The Balaban J connectivity index is 1.94. The molecule has 0 aliphatic carbocycles. The van der Waals surface area contributed by atoms with E-state index in [0.29, 0.717) is 49.2 Å². The van der Waals surface area contributed by atoms with E-state index in [0.717, 1.165) is 18.2 Å². The normalized spacial score (nSPS) is 11.0. The minimum absolute atomic E-state index is 0.0214. The fourth-order valence-corrected chi connectivity index (χ4v) is 4.21. The van der Waals surface area contributed by atoms with Gasteiger partial charge in [-0.2, -0.15) is 0 Å². The molecule has 0 atom stereocenters. The molecule has 0 fully saturated rings. The van der Waals surface area contributed by atoms with Gasteiger partial charge in [-0.05, 0) is 94.8 Å². The number of ether oxygens (including phenoxy) is 2. The smallest absolute Gasteiger partial charge is 0.330 e. The Morgan fingerprint density at radius 1 is 0.581 bits per heavy atom. The first-order valence-corrected chi connectivity index (χ1v) is 12.5. The molecule has 0 saturated heterocycles. The molecule has 224 valence electrons. The number of carbonyl (C=O) groups is 1. The summed E-state index contributed by atoms with van der Waals surface area (Å²) in [4.78, 5) is 11.2. The Bertz CT molecular complexity index is 1570. The van der Waals surface area contributed by atoms with E-state index in [4.69, 9.17) is 9.47 Å². The number of unbranched alkanes of at least 4 members (excludes halogenated alkanes) is 1. The summed E-state index contributed by atoms with van der Waals surface area (Å²) in [6.07, 6.45) is 1.60. The van der Waals surface area contributed by atoms with Gasteiger partial charge in [0.1, 0.15) is 5.75 Å². The maximum Gasteiger partial charge on any atom is 0.330 e. The highest BCUT2D eigenvalue weighted by atomic mass is 19.2. The van der Waals surface area contributed by atoms with Crippen molar-refractivity contribution >= 4 is 5.97 Å². The van der Waals surface area contributed by atoms with Crippen molar-refractivity contribution in [2.75, 3.05) is 13.2 Å². The summed E-state index contributed by atoms with van der Waals surface area (Å²) in [5.41, 5.74) is -2.14. The highest BCUT2D eigenvalue weighted by Crippen LogP contribution is 2.44. The lowest BCUT2D eigenvalue weighted by Crippen LogP contribution is -2.05. The van der Waals surface area contributed by atoms with E-state index in [1.54, 1.807) is 0 Å². The molecular formula is C31H19F9O3. The minimum atomic E-state index is -1.84. The molecule has 0 N–H and O–H groups in total. The molecule has 0 spiro atoms. The van der Waals surface area contributed by atoms with Crippen LogP contribution in [0.1, 0.15) is 12.8 Å². The maximum absolute atomic E-state index is 14.4. The highest BCUT2D eigenvalue weighted by Gasteiger charge is 2.24. The molecule has 12 heteroatoms. The van der Waals surface area contributed by atoms with E-state index in [-0.39, 0.29) is 35.7 Å². The third-order valence-electron chi connectivity index (χ3n) is 6.19. The van der Waals surface area contributed by atoms with E-state index in [1.165, 1.54) is 0 Å². The van der Waals surface area contributed by atoms with Crippen molar-refractivity contribution in [3.05, 3.63) is 114 Å². The Morgan fingerprint density at radius 2 is 0.953 bits per heavy atom. The molecule has 0 heterocycles. The SMILES string of the molecule is C=CC(=O)OCCCCOc1cc(-c2cc(F)c(F)c(F)c2)c(-c2cc(F)c(F)c(F)c2)c(-c2cc(F)c(F)c(F)c2)c1. The summed E-state index contributed by atoms with van der Waals surface area (Å²) in [5.74, 6) is -16.1. The lowest BCUT2D eigenvalue weighted by molar-refractivity contribution is -0.137. The molecule has 43 heavy (non-hydrogen) atoms. The standard InChI is InChI=1S/C31H19F9O3/c1-2-27(41)43-6-4-3-5-42-18-13-19(15-7-21(32)29(38)22(33)8-15)28(17-11-25(36)31(40)26(37)12-17)20(14-18)16-9-23(34)30(39)24(35)10-16/h2,7-14H,1,3-6H2. The van der Waals surface area contributed by atoms with Gasteiger partial charge in [-0.25, -0.2) is 44.3 Å². The Morgan fingerprint density at radius 3 is 1.35 bits per heavy atom. The van der Waals surface area contributed by atoms with Gasteiger partial charge in [0.25, 0.3) is 0 Å². The topological polar surface area (TPSA) is 35.5 Å². The summed E-state index contributed by atoms with van der Waals surface area (Å²) >= 11 is 0. The average Bonchev–Trinajstić information content (AvgIpc) is 2.97. The minimum Gasteiger partial charge on any atom is -0.494 e. The number of rotatable bonds is 10. The van der Waals surface area contributed by atoms with Crippen LogP contribution < -0.4 is 4.74 Å². The van der Waals surface area contributed by atoms with E-state index in [1.807, 2.05) is 0 Å². The number of benzene rings is 4. The van der Waals surface area contributed by atoms with Crippen molar-refractivity contribution in [1.82, 2.24) is 0 Å². The van der Waals surface area contributed by atoms with Gasteiger partial charge in [-0.1, -0.05) is 6.58 Å². The van der Waals surface area contributed by atoms with Crippen molar-refractivity contribution in [1.29, 1.82) is 0 Å². The van der Waals surface area contributed by atoms with Crippen LogP contribution in [0.5, 0.6) is 5.75 Å². The van der Waals surface area contributed by atoms with Crippen LogP contribution in [0.3, 0.4) is 0 Å². The lowest BCUT2D eigenvalue weighted by Gasteiger charge is -2.20. The summed E-state index contributed by atoms with van der Waals surface area (Å²) in [6, 6.07) is 5.58. The molecule has 0 radical (unpaired) electrons. The Kier molecular flexibility index (Phi) is 9.47. The molecular weight excluding hydrogens is 591 g/mol. The highest BCUT2D eigenvalue weighted by molar-refractivity contribution is 5.95. The van der Waals surface area contributed by atoms with Crippen molar-refractivity contribution in [3.63, 3.8) is 0 Å². The zero-order valence-electron chi connectivity index (χ0n) is 21.9. The third-order valence-corrected chi connectivity index (χ3v) is 6.19. The molecule has 0 aliphatic heterocycles. The third kappa shape index (κ3) is 6.85. The first-order chi connectivity index (χ1) is 20.4. The Labute approximate surface area is 238 Å².